The van der Waals surface area contributed by atoms with Crippen molar-refractivity contribution in [2.24, 2.45) is 5.92 Å². The molecule has 0 bridgehead atoms. The van der Waals surface area contributed by atoms with Crippen LogP contribution in [0.2, 0.25) is 0 Å². The van der Waals surface area contributed by atoms with E-state index < -0.39 is 22.9 Å². The van der Waals surface area contributed by atoms with Crippen molar-refractivity contribution in [3.8, 4) is 17.0 Å². The molecule has 0 aliphatic heterocycles. The number of pyridine rings is 1. The quantitative estimate of drug-likeness (QED) is 0.335. The number of hydrogen-bond acceptors (Lipinski definition) is 6. The number of carbonyl (C=O) groups excluding carboxylic acids is 1. The lowest BCUT2D eigenvalue weighted by Crippen LogP contribution is -2.10. The van der Waals surface area contributed by atoms with Gasteiger partial charge in [0, 0.05) is 11.3 Å². The van der Waals surface area contributed by atoms with Crippen LogP contribution in [0, 0.1) is 5.92 Å². The molecule has 0 aliphatic carbocycles. The molecule has 8 nitrogen and oxygen atoms in total. The van der Waals surface area contributed by atoms with Crippen LogP contribution in [-0.4, -0.2) is 38.0 Å². The number of H-pyrrole nitrogens is 1. The summed E-state index contributed by atoms with van der Waals surface area (Å²) in [6.07, 6.45) is -4.06. The van der Waals surface area contributed by atoms with Gasteiger partial charge in [-0.05, 0) is 30.2 Å². The van der Waals surface area contributed by atoms with E-state index in [0.29, 0.717) is 41.3 Å². The summed E-state index contributed by atoms with van der Waals surface area (Å²) < 4.78 is 59.6. The minimum absolute atomic E-state index is 0.0239. The van der Waals surface area contributed by atoms with Gasteiger partial charge in [0.05, 0.1) is 23.6 Å². The molecule has 2 heterocycles. The van der Waals surface area contributed by atoms with Crippen molar-refractivity contribution in [2.45, 2.75) is 26.9 Å². The average Bonchev–Trinajstić information content (AvgIpc) is 3.20. The van der Waals surface area contributed by atoms with Crippen molar-refractivity contribution < 1.29 is 26.9 Å². The highest BCUT2D eigenvalue weighted by Gasteiger charge is 2.32. The topological polar surface area (TPSA) is 109 Å². The molecule has 1 atom stereocenters. The number of ether oxygens (including phenoxy) is 1. The predicted molar refractivity (Wildman–Crippen MR) is 125 cm³/mol. The summed E-state index contributed by atoms with van der Waals surface area (Å²) in [7, 11) is -1.29. The maximum absolute atomic E-state index is 13.0. The summed E-state index contributed by atoms with van der Waals surface area (Å²) in [6, 6.07) is 8.42. The number of carbonyl (C=O) groups is 1. The molecule has 0 saturated heterocycles. The molecule has 3 N–H and O–H groups in total. The minimum atomic E-state index is -4.61. The van der Waals surface area contributed by atoms with Gasteiger partial charge < -0.3 is 14.8 Å². The van der Waals surface area contributed by atoms with E-state index in [1.165, 1.54) is 12.1 Å². The Hall–Kier alpha value is -3.41. The van der Waals surface area contributed by atoms with E-state index in [0.717, 1.165) is 6.07 Å². The number of alkyl halides is 3. The van der Waals surface area contributed by atoms with Gasteiger partial charge in [0.15, 0.2) is 12.1 Å². The van der Waals surface area contributed by atoms with Gasteiger partial charge in [-0.25, -0.2) is 9.19 Å². The molecule has 0 spiro atoms. The predicted octanol–water partition coefficient (Wildman–Crippen LogP) is 5.18. The van der Waals surface area contributed by atoms with Crippen LogP contribution in [0.5, 0.6) is 5.75 Å². The number of aromatic nitrogens is 3. The molecule has 182 valence electrons. The third-order valence-electron chi connectivity index (χ3n) is 4.54. The number of nitrogens with zero attached hydrogens (tertiary/aromatic N) is 2. The molecule has 1 aromatic carbocycles. The first-order chi connectivity index (χ1) is 16.1. The number of benzene rings is 1. The van der Waals surface area contributed by atoms with Gasteiger partial charge in [-0.2, -0.15) is 18.3 Å². The van der Waals surface area contributed by atoms with E-state index in [2.05, 4.69) is 25.2 Å². The van der Waals surface area contributed by atoms with Crippen molar-refractivity contribution in [1.82, 2.24) is 15.2 Å². The maximum atomic E-state index is 13.0. The monoisotopic (exact) mass is 495 g/mol. The number of nitrogens with one attached hydrogen (secondary N) is 3. The second kappa shape index (κ2) is 10.7. The number of aromatic amines is 1. The van der Waals surface area contributed by atoms with E-state index >= 15 is 0 Å². The highest BCUT2D eigenvalue weighted by Crippen LogP contribution is 2.34. The molecule has 0 radical (unpaired) electrons. The van der Waals surface area contributed by atoms with Gasteiger partial charge in [0.2, 0.25) is 0 Å². The van der Waals surface area contributed by atoms with Gasteiger partial charge in [-0.15, -0.1) is 0 Å². The first-order valence-electron chi connectivity index (χ1n) is 10.4. The lowest BCUT2D eigenvalue weighted by molar-refractivity contribution is -0.141. The van der Waals surface area contributed by atoms with Crippen molar-refractivity contribution >= 4 is 34.6 Å². The largest absolute Gasteiger partial charge is 0.491 e. The second-order valence-electron chi connectivity index (χ2n) is 7.66. The van der Waals surface area contributed by atoms with Crippen LogP contribution < -0.4 is 14.8 Å². The lowest BCUT2D eigenvalue weighted by atomic mass is 10.1. The molecule has 1 unspecified atom stereocenters. The minimum Gasteiger partial charge on any atom is -0.491 e. The van der Waals surface area contributed by atoms with Crippen molar-refractivity contribution in [3.63, 3.8) is 0 Å². The van der Waals surface area contributed by atoms with Gasteiger partial charge >= 0.3 is 6.18 Å². The van der Waals surface area contributed by atoms with Gasteiger partial charge in [-0.3, -0.25) is 9.89 Å². The summed E-state index contributed by atoms with van der Waals surface area (Å²) in [5, 5.41) is 9.44. The molecular formula is C22H24F3N5O3S. The zero-order valence-electron chi connectivity index (χ0n) is 18.7. The van der Waals surface area contributed by atoms with Gasteiger partial charge in [0.25, 0.3) is 0 Å². The molecule has 12 heteroatoms. The Morgan fingerprint density at radius 1 is 1.24 bits per heavy atom. The van der Waals surface area contributed by atoms with Crippen LogP contribution >= 0.6 is 0 Å². The third kappa shape index (κ3) is 6.13. The van der Waals surface area contributed by atoms with E-state index in [4.69, 9.17) is 4.74 Å². The fraction of sp³-hybridized carbons (Fsp3) is 0.318. The van der Waals surface area contributed by atoms with Gasteiger partial charge in [0.1, 0.15) is 28.2 Å². The number of aldehydes is 1. The molecule has 0 aliphatic rings. The van der Waals surface area contributed by atoms with Crippen molar-refractivity contribution in [3.05, 3.63) is 47.7 Å². The zero-order valence-corrected chi connectivity index (χ0v) is 19.5. The van der Waals surface area contributed by atoms with Crippen LogP contribution in [-0.2, 0) is 17.2 Å². The van der Waals surface area contributed by atoms with E-state index in [1.807, 2.05) is 13.8 Å². The Morgan fingerprint density at radius 3 is 2.65 bits per heavy atom. The summed E-state index contributed by atoms with van der Waals surface area (Å²) in [4.78, 5) is 15.4. The Kier molecular flexibility index (Phi) is 7.92. The lowest BCUT2D eigenvalue weighted by Gasteiger charge is -2.15. The molecule has 3 aromatic rings. The Balaban J connectivity index is 1.95. The van der Waals surface area contributed by atoms with Crippen molar-refractivity contribution in [1.29, 1.82) is 0 Å². The third-order valence-corrected chi connectivity index (χ3v) is 5.51. The smallest absolute Gasteiger partial charge is 0.433 e. The summed E-state index contributed by atoms with van der Waals surface area (Å²) in [5.41, 5.74) is 0.448. The molecule has 0 amide bonds. The van der Waals surface area contributed by atoms with Crippen molar-refractivity contribution in [2.75, 3.05) is 22.4 Å². The molecule has 3 rings (SSSR count). The Labute approximate surface area is 196 Å². The number of rotatable bonds is 10. The first-order valence-corrected chi connectivity index (χ1v) is 11.7. The van der Waals surface area contributed by atoms with E-state index in [1.54, 1.807) is 25.1 Å². The van der Waals surface area contributed by atoms with Crippen LogP contribution in [0.1, 0.15) is 36.8 Å². The Bertz CT molecular complexity index is 1180. The molecular weight excluding hydrogens is 471 g/mol. The first kappa shape index (κ1) is 25.2. The fourth-order valence-corrected chi connectivity index (χ4v) is 3.46. The van der Waals surface area contributed by atoms with Gasteiger partial charge in [-0.1, -0.05) is 32.9 Å². The van der Waals surface area contributed by atoms with Crippen LogP contribution in [0.15, 0.2) is 36.4 Å². The normalized spacial score (nSPS) is 12.4. The van der Waals surface area contributed by atoms with E-state index in [9.17, 15) is 22.2 Å². The molecule has 0 saturated carbocycles. The van der Waals surface area contributed by atoms with Crippen LogP contribution in [0.3, 0.4) is 0 Å². The second-order valence-corrected chi connectivity index (χ2v) is 9.13. The zero-order chi connectivity index (χ0) is 24.9. The molecule has 34 heavy (non-hydrogen) atoms. The highest BCUT2D eigenvalue weighted by atomic mass is 32.2. The van der Waals surface area contributed by atoms with Crippen LogP contribution in [0.4, 0.5) is 30.5 Å². The highest BCUT2D eigenvalue weighted by molar-refractivity contribution is 7.86. The fourth-order valence-electron chi connectivity index (χ4n) is 2.90. The molecule has 2 aromatic heterocycles. The number of halogens is 3. The average molecular weight is 496 g/mol. The number of anilines is 3. The summed E-state index contributed by atoms with van der Waals surface area (Å²) >= 11 is 0. The summed E-state index contributed by atoms with van der Waals surface area (Å²) in [5.74, 6) is 0.990. The number of hydrogen-bond donors (Lipinski definition) is 3. The standard InChI is InChI=1S/C22H24F3N5O3S/c1-4-34(32)30-16-9-8-14(10-17(16)33-12-13(2)3)20-15(11-31)21(29-28-20)27-19-7-5-6-18(26-19)22(23,24)25/h5-11,13,30H,4,12H2,1-3H3,(H2,26,27,28,29). The Morgan fingerprint density at radius 2 is 2.00 bits per heavy atom. The van der Waals surface area contributed by atoms with E-state index in [-0.39, 0.29) is 23.1 Å². The molecule has 0 fully saturated rings. The maximum Gasteiger partial charge on any atom is 0.433 e. The SMILES string of the molecule is CCS(=O)Nc1ccc(-c2[nH]nc(Nc3cccc(C(F)(F)F)n3)c2C=O)cc1OCC(C)C. The summed E-state index contributed by atoms with van der Waals surface area (Å²) in [6.45, 7) is 6.16. The van der Waals surface area contributed by atoms with Crippen LogP contribution in [0.25, 0.3) is 11.3 Å².